The van der Waals surface area contributed by atoms with E-state index >= 15 is 0 Å². The summed E-state index contributed by atoms with van der Waals surface area (Å²) in [6.45, 7) is 7.28. The highest BCUT2D eigenvalue weighted by Gasteiger charge is 2.07. The summed E-state index contributed by atoms with van der Waals surface area (Å²) in [6.07, 6.45) is 0. The molecule has 0 aliphatic rings. The number of aryl methyl sites for hydroxylation is 1. The van der Waals surface area contributed by atoms with E-state index in [0.717, 1.165) is 11.4 Å². The normalized spacial score (nSPS) is 10.7. The van der Waals surface area contributed by atoms with Crippen LogP contribution in [-0.2, 0) is 6.54 Å². The second-order valence-corrected chi connectivity index (χ2v) is 6.04. The fourth-order valence-corrected chi connectivity index (χ4v) is 2.79. The summed E-state index contributed by atoms with van der Waals surface area (Å²) in [7, 11) is 0. The van der Waals surface area contributed by atoms with Gasteiger partial charge < -0.3 is 5.32 Å². The summed E-state index contributed by atoms with van der Waals surface area (Å²) in [5, 5.41) is 12.3. The highest BCUT2D eigenvalue weighted by atomic mass is 32.1. The van der Waals surface area contributed by atoms with Crippen molar-refractivity contribution in [2.45, 2.75) is 33.4 Å². The van der Waals surface area contributed by atoms with Gasteiger partial charge in [-0.2, -0.15) is 5.26 Å². The molecule has 2 aromatic rings. The molecule has 19 heavy (non-hydrogen) atoms. The Kier molecular flexibility index (Phi) is 4.36. The minimum atomic E-state index is 0.483. The first-order valence-electron chi connectivity index (χ1n) is 6.43. The van der Waals surface area contributed by atoms with Crippen molar-refractivity contribution in [1.82, 2.24) is 5.32 Å². The Morgan fingerprint density at radius 1 is 1.26 bits per heavy atom. The molecule has 0 radical (unpaired) electrons. The van der Waals surface area contributed by atoms with E-state index in [1.165, 1.54) is 21.6 Å². The zero-order valence-corrected chi connectivity index (χ0v) is 12.3. The Morgan fingerprint density at radius 2 is 2.05 bits per heavy atom. The van der Waals surface area contributed by atoms with Crippen LogP contribution in [0.1, 0.15) is 29.9 Å². The van der Waals surface area contributed by atoms with E-state index in [9.17, 15) is 0 Å². The van der Waals surface area contributed by atoms with Gasteiger partial charge in [0.25, 0.3) is 0 Å². The van der Waals surface area contributed by atoms with Crippen LogP contribution in [0.25, 0.3) is 10.4 Å². The molecule has 0 aliphatic carbocycles. The largest absolute Gasteiger partial charge is 0.310 e. The van der Waals surface area contributed by atoms with Crippen molar-refractivity contribution in [2.24, 2.45) is 0 Å². The third-order valence-corrected chi connectivity index (χ3v) is 4.02. The minimum Gasteiger partial charge on any atom is -0.310 e. The molecule has 0 spiro atoms. The maximum Gasteiger partial charge on any atom is 0.110 e. The van der Waals surface area contributed by atoms with Crippen LogP contribution in [0.4, 0.5) is 0 Å². The molecule has 0 fully saturated rings. The summed E-state index contributed by atoms with van der Waals surface area (Å²) >= 11 is 1.55. The lowest BCUT2D eigenvalue weighted by Crippen LogP contribution is -2.21. The Bertz CT molecular complexity index is 605. The number of nitrogens with zero attached hydrogens (tertiary/aromatic N) is 1. The molecule has 0 atom stereocenters. The van der Waals surface area contributed by atoms with Gasteiger partial charge in [0.05, 0.1) is 0 Å². The van der Waals surface area contributed by atoms with Crippen molar-refractivity contribution in [3.8, 4) is 16.5 Å². The van der Waals surface area contributed by atoms with Gasteiger partial charge in [0, 0.05) is 17.5 Å². The van der Waals surface area contributed by atoms with Crippen molar-refractivity contribution >= 4 is 11.3 Å². The third-order valence-electron chi connectivity index (χ3n) is 3.00. The average molecular weight is 270 g/mol. The molecular formula is C16H18N2S. The summed E-state index contributed by atoms with van der Waals surface area (Å²) < 4.78 is 0. The first-order chi connectivity index (χ1) is 9.10. The van der Waals surface area contributed by atoms with Gasteiger partial charge in [-0.05, 0) is 41.8 Å². The quantitative estimate of drug-likeness (QED) is 0.908. The number of nitrogens with one attached hydrogen (secondary N) is 1. The predicted molar refractivity (Wildman–Crippen MR) is 81.2 cm³/mol. The third kappa shape index (κ3) is 3.44. The Labute approximate surface area is 118 Å². The summed E-state index contributed by atoms with van der Waals surface area (Å²) in [5.74, 6) is 0. The molecule has 1 N–H and O–H groups in total. The summed E-state index contributed by atoms with van der Waals surface area (Å²) in [6, 6.07) is 13.1. The molecule has 0 amide bonds. The second kappa shape index (κ2) is 6.01. The van der Waals surface area contributed by atoms with Gasteiger partial charge in [0.15, 0.2) is 0 Å². The highest BCUT2D eigenvalue weighted by Crippen LogP contribution is 2.31. The lowest BCUT2D eigenvalue weighted by molar-refractivity contribution is 0.589. The van der Waals surface area contributed by atoms with Crippen LogP contribution in [0.5, 0.6) is 0 Å². The van der Waals surface area contributed by atoms with Gasteiger partial charge in [-0.15, -0.1) is 11.3 Å². The number of hydrogen-bond donors (Lipinski definition) is 1. The van der Waals surface area contributed by atoms with E-state index in [0.29, 0.717) is 6.04 Å². The van der Waals surface area contributed by atoms with Crippen LogP contribution in [0.3, 0.4) is 0 Å². The minimum absolute atomic E-state index is 0.483. The average Bonchev–Trinajstić information content (AvgIpc) is 2.86. The van der Waals surface area contributed by atoms with Crippen molar-refractivity contribution in [1.29, 1.82) is 5.26 Å². The lowest BCUT2D eigenvalue weighted by atomic mass is 10.0. The Hall–Kier alpha value is -1.63. The van der Waals surface area contributed by atoms with Gasteiger partial charge in [0.1, 0.15) is 10.9 Å². The topological polar surface area (TPSA) is 35.8 Å². The first kappa shape index (κ1) is 13.8. The standard InChI is InChI=1S/C16H18N2S/c1-11(2)18-10-13-5-4-12(3)15(8-13)16-7-6-14(9-17)19-16/h4-8,11,18H,10H2,1-3H3. The molecule has 0 bridgehead atoms. The van der Waals surface area contributed by atoms with E-state index in [1.807, 2.05) is 12.1 Å². The number of nitriles is 1. The SMILES string of the molecule is Cc1ccc(CNC(C)C)cc1-c1ccc(C#N)s1. The molecule has 0 unspecified atom stereocenters. The zero-order chi connectivity index (χ0) is 13.8. The second-order valence-electron chi connectivity index (χ2n) is 4.96. The van der Waals surface area contributed by atoms with E-state index in [1.54, 1.807) is 11.3 Å². The molecule has 2 rings (SSSR count). The Balaban J connectivity index is 2.29. The molecule has 3 heteroatoms. The van der Waals surface area contributed by atoms with Crippen molar-refractivity contribution in [2.75, 3.05) is 0 Å². The number of thiophene rings is 1. The van der Waals surface area contributed by atoms with Crippen LogP contribution in [0.15, 0.2) is 30.3 Å². The summed E-state index contributed by atoms with van der Waals surface area (Å²) in [4.78, 5) is 1.93. The molecule has 0 aliphatic heterocycles. The van der Waals surface area contributed by atoms with Crippen LogP contribution in [-0.4, -0.2) is 6.04 Å². The zero-order valence-electron chi connectivity index (χ0n) is 11.5. The predicted octanol–water partition coefficient (Wildman–Crippen LogP) is 4.09. The number of benzene rings is 1. The first-order valence-corrected chi connectivity index (χ1v) is 7.25. The smallest absolute Gasteiger partial charge is 0.110 e. The van der Waals surface area contributed by atoms with E-state index in [2.05, 4.69) is 50.4 Å². The molecule has 1 aromatic carbocycles. The van der Waals surface area contributed by atoms with E-state index in [-0.39, 0.29) is 0 Å². The number of hydrogen-bond acceptors (Lipinski definition) is 3. The van der Waals surface area contributed by atoms with Gasteiger partial charge >= 0.3 is 0 Å². The summed E-state index contributed by atoms with van der Waals surface area (Å²) in [5.41, 5.74) is 3.76. The van der Waals surface area contributed by atoms with E-state index in [4.69, 9.17) is 5.26 Å². The van der Waals surface area contributed by atoms with Gasteiger partial charge in [0.2, 0.25) is 0 Å². The molecule has 0 saturated carbocycles. The lowest BCUT2D eigenvalue weighted by Gasteiger charge is -2.10. The molecule has 1 aromatic heterocycles. The highest BCUT2D eigenvalue weighted by molar-refractivity contribution is 7.16. The van der Waals surface area contributed by atoms with Crippen LogP contribution < -0.4 is 5.32 Å². The molecule has 98 valence electrons. The van der Waals surface area contributed by atoms with Gasteiger partial charge in [-0.25, -0.2) is 0 Å². The van der Waals surface area contributed by atoms with Crippen LogP contribution in [0.2, 0.25) is 0 Å². The fourth-order valence-electron chi connectivity index (χ4n) is 1.91. The van der Waals surface area contributed by atoms with Gasteiger partial charge in [-0.3, -0.25) is 0 Å². The van der Waals surface area contributed by atoms with Crippen LogP contribution >= 0.6 is 11.3 Å². The van der Waals surface area contributed by atoms with Gasteiger partial charge in [-0.1, -0.05) is 26.0 Å². The molecular weight excluding hydrogens is 252 g/mol. The van der Waals surface area contributed by atoms with Crippen LogP contribution in [0, 0.1) is 18.3 Å². The monoisotopic (exact) mass is 270 g/mol. The van der Waals surface area contributed by atoms with E-state index < -0.39 is 0 Å². The maximum absolute atomic E-state index is 8.92. The molecule has 1 heterocycles. The molecule has 0 saturated heterocycles. The Morgan fingerprint density at radius 3 is 2.68 bits per heavy atom. The molecule has 2 nitrogen and oxygen atoms in total. The van der Waals surface area contributed by atoms with Crippen molar-refractivity contribution < 1.29 is 0 Å². The van der Waals surface area contributed by atoms with Crippen molar-refractivity contribution in [3.05, 3.63) is 46.3 Å². The van der Waals surface area contributed by atoms with Crippen molar-refractivity contribution in [3.63, 3.8) is 0 Å². The fraction of sp³-hybridized carbons (Fsp3) is 0.312. The number of rotatable bonds is 4. The maximum atomic E-state index is 8.92.